The van der Waals surface area contributed by atoms with Gasteiger partial charge in [0.25, 0.3) is 0 Å². The van der Waals surface area contributed by atoms with Crippen molar-refractivity contribution in [3.8, 4) is 0 Å². The lowest BCUT2D eigenvalue weighted by atomic mass is 10.4. The predicted molar refractivity (Wildman–Crippen MR) is 58.9 cm³/mol. The molecule has 0 saturated heterocycles. The van der Waals surface area contributed by atoms with Gasteiger partial charge in [0, 0.05) is 19.4 Å². The number of amides is 3. The van der Waals surface area contributed by atoms with Crippen LogP contribution < -0.4 is 10.6 Å². The van der Waals surface area contributed by atoms with E-state index in [1.54, 1.807) is 17.0 Å². The molecule has 1 atom stereocenters. The van der Waals surface area contributed by atoms with Crippen LogP contribution in [0.5, 0.6) is 0 Å². The minimum atomic E-state index is -0.737. The molecule has 3 amide bonds. The quantitative estimate of drug-likeness (QED) is 0.755. The molecule has 0 radical (unpaired) electrons. The van der Waals surface area contributed by atoms with Crippen molar-refractivity contribution < 1.29 is 9.59 Å². The van der Waals surface area contributed by atoms with Crippen molar-refractivity contribution in [2.45, 2.75) is 18.8 Å². The molecule has 6 nitrogen and oxygen atoms in total. The summed E-state index contributed by atoms with van der Waals surface area (Å²) in [6.45, 7) is 1.74. The van der Waals surface area contributed by atoms with Gasteiger partial charge in [-0.1, -0.05) is 0 Å². The largest absolute Gasteiger partial charge is 0.337 e. The third kappa shape index (κ3) is 3.54. The van der Waals surface area contributed by atoms with Crippen LogP contribution in [0.3, 0.4) is 0 Å². The Kier molecular flexibility index (Phi) is 4.30. The zero-order chi connectivity index (χ0) is 12.1. The monoisotopic (exact) mass is 244 g/mol. The Hall–Kier alpha value is -1.56. The second kappa shape index (κ2) is 5.50. The van der Waals surface area contributed by atoms with Gasteiger partial charge in [-0.2, -0.15) is 0 Å². The number of halogens is 1. The normalized spacial score (nSPS) is 11.9. The van der Waals surface area contributed by atoms with E-state index in [9.17, 15) is 9.59 Å². The molecule has 0 spiro atoms. The van der Waals surface area contributed by atoms with Gasteiger partial charge in [-0.15, -0.1) is 11.6 Å². The highest BCUT2D eigenvalue weighted by atomic mass is 35.5. The summed E-state index contributed by atoms with van der Waals surface area (Å²) >= 11 is 5.49. The fourth-order valence-electron chi connectivity index (χ4n) is 0.982. The number of urea groups is 1. The summed E-state index contributed by atoms with van der Waals surface area (Å²) in [6.07, 6.45) is 3.39. The topological polar surface area (TPSA) is 76.0 Å². The molecule has 7 heteroatoms. The van der Waals surface area contributed by atoms with E-state index >= 15 is 0 Å². The van der Waals surface area contributed by atoms with E-state index in [1.165, 1.54) is 6.92 Å². The summed E-state index contributed by atoms with van der Waals surface area (Å²) in [5.74, 6) is 0.167. The minimum absolute atomic E-state index is 0.249. The van der Waals surface area contributed by atoms with Gasteiger partial charge in [0.2, 0.25) is 5.91 Å². The number of nitrogens with zero attached hydrogens (tertiary/aromatic N) is 2. The molecular formula is C9H13ClN4O2. The number of aryl methyl sites for hydroxylation is 1. The maximum Gasteiger partial charge on any atom is 0.321 e. The summed E-state index contributed by atoms with van der Waals surface area (Å²) in [5.41, 5.74) is 0. The lowest BCUT2D eigenvalue weighted by Crippen LogP contribution is -2.42. The average Bonchev–Trinajstić information content (AvgIpc) is 2.61. The predicted octanol–water partition coefficient (Wildman–Crippen LogP) is 0.373. The third-order valence-electron chi connectivity index (χ3n) is 1.93. The maximum absolute atomic E-state index is 11.2. The highest BCUT2D eigenvalue weighted by Crippen LogP contribution is 1.94. The molecule has 0 aliphatic heterocycles. The van der Waals surface area contributed by atoms with E-state index in [4.69, 9.17) is 11.6 Å². The summed E-state index contributed by atoms with van der Waals surface area (Å²) in [7, 11) is 1.81. The Bertz CT molecular complexity index is 389. The van der Waals surface area contributed by atoms with Crippen molar-refractivity contribution in [3.05, 3.63) is 18.2 Å². The lowest BCUT2D eigenvalue weighted by molar-refractivity contribution is -0.119. The first-order chi connectivity index (χ1) is 7.50. The Morgan fingerprint density at radius 2 is 2.31 bits per heavy atom. The molecule has 0 saturated carbocycles. The molecule has 1 aromatic rings. The van der Waals surface area contributed by atoms with Crippen LogP contribution >= 0.6 is 11.6 Å². The van der Waals surface area contributed by atoms with Crippen molar-refractivity contribution in [1.82, 2.24) is 20.2 Å². The first-order valence-electron chi connectivity index (χ1n) is 4.69. The number of hydrogen-bond donors (Lipinski definition) is 2. The standard InChI is InChI=1S/C9H13ClN4O2/c1-6(10)8(15)13-9(16)12-5-7-11-3-4-14(7)2/h3-4,6H,5H2,1-2H3,(H2,12,13,15,16). The van der Waals surface area contributed by atoms with Gasteiger partial charge in [-0.25, -0.2) is 9.78 Å². The molecule has 0 aliphatic carbocycles. The molecule has 0 aromatic carbocycles. The lowest BCUT2D eigenvalue weighted by Gasteiger charge is -2.07. The molecule has 88 valence electrons. The molecule has 16 heavy (non-hydrogen) atoms. The smallest absolute Gasteiger partial charge is 0.321 e. The SMILES string of the molecule is CC(Cl)C(=O)NC(=O)NCc1nccn1C. The Labute approximate surface area is 98.0 Å². The van der Waals surface area contributed by atoms with Gasteiger partial charge >= 0.3 is 6.03 Å². The number of carbonyl (C=O) groups is 2. The third-order valence-corrected chi connectivity index (χ3v) is 2.12. The van der Waals surface area contributed by atoms with Crippen LogP contribution in [0, 0.1) is 0 Å². The van der Waals surface area contributed by atoms with E-state index < -0.39 is 17.3 Å². The number of alkyl halides is 1. The summed E-state index contributed by atoms with van der Waals surface area (Å²) in [4.78, 5) is 26.3. The van der Waals surface area contributed by atoms with Crippen molar-refractivity contribution >= 4 is 23.5 Å². The van der Waals surface area contributed by atoms with E-state index in [-0.39, 0.29) is 6.54 Å². The highest BCUT2D eigenvalue weighted by Gasteiger charge is 2.12. The highest BCUT2D eigenvalue weighted by molar-refractivity contribution is 6.31. The van der Waals surface area contributed by atoms with Crippen LogP contribution in [-0.2, 0) is 18.4 Å². The number of carbonyl (C=O) groups excluding carboxylic acids is 2. The van der Waals surface area contributed by atoms with Crippen molar-refractivity contribution in [3.63, 3.8) is 0 Å². The van der Waals surface area contributed by atoms with Gasteiger partial charge in [0.1, 0.15) is 11.2 Å². The molecule has 0 aliphatic rings. The first kappa shape index (κ1) is 12.5. The molecule has 1 unspecified atom stereocenters. The van der Waals surface area contributed by atoms with E-state index in [0.29, 0.717) is 5.82 Å². The second-order valence-electron chi connectivity index (χ2n) is 3.24. The van der Waals surface area contributed by atoms with Crippen LogP contribution in [0.25, 0.3) is 0 Å². The Balaban J connectivity index is 2.36. The van der Waals surface area contributed by atoms with Crippen molar-refractivity contribution in [2.75, 3.05) is 0 Å². The average molecular weight is 245 g/mol. The number of rotatable bonds is 3. The molecular weight excluding hydrogens is 232 g/mol. The molecule has 0 fully saturated rings. The number of aromatic nitrogens is 2. The van der Waals surface area contributed by atoms with Gasteiger partial charge in [0.15, 0.2) is 0 Å². The van der Waals surface area contributed by atoms with Crippen LogP contribution in [0.4, 0.5) is 4.79 Å². The Morgan fingerprint density at radius 1 is 1.62 bits per heavy atom. The molecule has 0 bridgehead atoms. The fourth-order valence-corrected chi connectivity index (χ4v) is 1.04. The number of hydrogen-bond acceptors (Lipinski definition) is 3. The number of imide groups is 1. The van der Waals surface area contributed by atoms with E-state index in [1.807, 2.05) is 7.05 Å². The van der Waals surface area contributed by atoms with Crippen molar-refractivity contribution in [2.24, 2.45) is 7.05 Å². The number of imidazole rings is 1. The maximum atomic E-state index is 11.2. The van der Waals surface area contributed by atoms with Gasteiger partial charge in [-0.3, -0.25) is 10.1 Å². The van der Waals surface area contributed by atoms with Gasteiger partial charge < -0.3 is 9.88 Å². The Morgan fingerprint density at radius 3 is 2.81 bits per heavy atom. The summed E-state index contributed by atoms with van der Waals surface area (Å²) in [5, 5.41) is 3.86. The van der Waals surface area contributed by atoms with Crippen molar-refractivity contribution in [1.29, 1.82) is 0 Å². The molecule has 1 heterocycles. The van der Waals surface area contributed by atoms with Gasteiger partial charge in [0.05, 0.1) is 6.54 Å². The van der Waals surface area contributed by atoms with E-state index in [2.05, 4.69) is 15.6 Å². The molecule has 2 N–H and O–H groups in total. The van der Waals surface area contributed by atoms with Gasteiger partial charge in [-0.05, 0) is 6.92 Å². The van der Waals surface area contributed by atoms with Crippen LogP contribution in [-0.4, -0.2) is 26.9 Å². The molecule has 1 rings (SSSR count). The second-order valence-corrected chi connectivity index (χ2v) is 3.90. The minimum Gasteiger partial charge on any atom is -0.337 e. The fraction of sp³-hybridized carbons (Fsp3) is 0.444. The number of nitrogens with one attached hydrogen (secondary N) is 2. The zero-order valence-electron chi connectivity index (χ0n) is 9.03. The van der Waals surface area contributed by atoms with E-state index in [0.717, 1.165) is 0 Å². The first-order valence-corrected chi connectivity index (χ1v) is 5.13. The molecule has 1 aromatic heterocycles. The van der Waals surface area contributed by atoms with Crippen LogP contribution in [0.1, 0.15) is 12.7 Å². The van der Waals surface area contributed by atoms with Crippen LogP contribution in [0.15, 0.2) is 12.4 Å². The zero-order valence-corrected chi connectivity index (χ0v) is 9.78. The summed E-state index contributed by atoms with van der Waals surface area (Å²) < 4.78 is 1.77. The van der Waals surface area contributed by atoms with Crippen LogP contribution in [0.2, 0.25) is 0 Å². The summed E-state index contributed by atoms with van der Waals surface area (Å²) in [6, 6.07) is -0.583.